The minimum Gasteiger partial charge on any atom is -0.492 e. The van der Waals surface area contributed by atoms with Gasteiger partial charge in [-0.25, -0.2) is 13.4 Å². The van der Waals surface area contributed by atoms with Crippen molar-refractivity contribution in [2.24, 2.45) is 9.39 Å². The Morgan fingerprint density at radius 2 is 2.17 bits per heavy atom. The van der Waals surface area contributed by atoms with Gasteiger partial charge in [0.05, 0.1) is 18.0 Å². The van der Waals surface area contributed by atoms with E-state index in [0.29, 0.717) is 18.0 Å². The van der Waals surface area contributed by atoms with Gasteiger partial charge in [-0.2, -0.15) is 0 Å². The van der Waals surface area contributed by atoms with E-state index in [2.05, 4.69) is 14.7 Å². The van der Waals surface area contributed by atoms with Crippen LogP contribution in [0.15, 0.2) is 46.1 Å². The molecule has 1 amide bonds. The quantitative estimate of drug-likeness (QED) is 0.875. The van der Waals surface area contributed by atoms with Gasteiger partial charge in [0, 0.05) is 18.9 Å². The third-order valence-electron chi connectivity index (χ3n) is 3.40. The first-order valence-corrected chi connectivity index (χ1v) is 8.98. The van der Waals surface area contributed by atoms with Crippen LogP contribution in [0.3, 0.4) is 0 Å². The third kappa shape index (κ3) is 3.30. The molecule has 3 rings (SSSR count). The van der Waals surface area contributed by atoms with E-state index in [1.807, 2.05) is 6.92 Å². The van der Waals surface area contributed by atoms with Crippen molar-refractivity contribution >= 4 is 33.2 Å². The Labute approximate surface area is 139 Å². The molecule has 0 atom stereocenters. The molecule has 8 nitrogen and oxygen atoms in total. The number of rotatable bonds is 4. The summed E-state index contributed by atoms with van der Waals surface area (Å²) in [5, 5.41) is 2.69. The van der Waals surface area contributed by atoms with Crippen molar-refractivity contribution in [1.29, 1.82) is 0 Å². The normalized spacial score (nSPS) is 18.3. The number of hydrogen-bond donors (Lipinski definition) is 1. The molecule has 0 aliphatic carbocycles. The zero-order valence-electron chi connectivity index (χ0n) is 13.0. The molecule has 0 radical (unpaired) electrons. The summed E-state index contributed by atoms with van der Waals surface area (Å²) in [6.07, 6.45) is 3.04. The second-order valence-electron chi connectivity index (χ2n) is 5.05. The molecule has 9 heteroatoms. The Morgan fingerprint density at radius 3 is 2.96 bits per heavy atom. The number of carbonyl (C=O) groups is 1. The second-order valence-corrected chi connectivity index (χ2v) is 6.81. The van der Waals surface area contributed by atoms with Crippen LogP contribution < -0.4 is 10.1 Å². The molecular weight excluding hydrogens is 332 g/mol. The zero-order valence-corrected chi connectivity index (χ0v) is 13.8. The van der Waals surface area contributed by atoms with Gasteiger partial charge < -0.3 is 15.0 Å². The number of nitrogens with one attached hydrogen (secondary N) is 1. The predicted molar refractivity (Wildman–Crippen MR) is 90.7 cm³/mol. The smallest absolute Gasteiger partial charge is 0.278 e. The summed E-state index contributed by atoms with van der Waals surface area (Å²) >= 11 is 0. The van der Waals surface area contributed by atoms with E-state index in [9.17, 15) is 13.2 Å². The van der Waals surface area contributed by atoms with Crippen LogP contribution in [0.2, 0.25) is 0 Å². The maximum absolute atomic E-state index is 12.6. The van der Waals surface area contributed by atoms with Crippen LogP contribution in [0.25, 0.3) is 0 Å². The number of para-hydroxylation sites is 2. The number of nitrogens with zero attached hydrogens (tertiary/aromatic N) is 3. The van der Waals surface area contributed by atoms with Gasteiger partial charge in [-0.1, -0.05) is 12.1 Å². The van der Waals surface area contributed by atoms with E-state index in [1.54, 1.807) is 35.4 Å². The molecule has 24 heavy (non-hydrogen) atoms. The van der Waals surface area contributed by atoms with Crippen molar-refractivity contribution in [3.8, 4) is 5.75 Å². The predicted octanol–water partition coefficient (Wildman–Crippen LogP) is 0.993. The van der Waals surface area contributed by atoms with Crippen molar-refractivity contribution in [2.45, 2.75) is 6.92 Å². The highest BCUT2D eigenvalue weighted by atomic mass is 32.2. The number of hydrogen-bond acceptors (Lipinski definition) is 6. The molecule has 0 unspecified atom stereocenters. The Bertz CT molecular complexity index is 858. The lowest BCUT2D eigenvalue weighted by atomic mass is 10.2. The topological polar surface area (TPSA) is 100 Å². The average Bonchev–Trinajstić information content (AvgIpc) is 2.55. The summed E-state index contributed by atoms with van der Waals surface area (Å²) in [5.41, 5.74) is 0.430. The van der Waals surface area contributed by atoms with Crippen LogP contribution in [0.5, 0.6) is 5.75 Å². The first-order valence-electron chi connectivity index (χ1n) is 7.37. The molecule has 0 bridgehead atoms. The zero-order chi connectivity index (χ0) is 17.2. The van der Waals surface area contributed by atoms with Crippen molar-refractivity contribution in [3.05, 3.63) is 36.7 Å². The maximum atomic E-state index is 12.6. The summed E-state index contributed by atoms with van der Waals surface area (Å²) in [4.78, 5) is 18.1. The summed E-state index contributed by atoms with van der Waals surface area (Å²) < 4.78 is 32.6. The molecular formula is C15H16N4O4S. The standard InChI is InChI=1S/C15H16N4O4S/c1-2-23-12-6-4-3-5-11(12)17-15(20)13-14-18-24(21,22)10-9-19(14)8-7-16-13/h3-8H,2,9-10H2,1H3,(H,17,20). The van der Waals surface area contributed by atoms with Gasteiger partial charge in [0.2, 0.25) is 0 Å². The molecule has 0 saturated heterocycles. The lowest BCUT2D eigenvalue weighted by Crippen LogP contribution is -2.46. The van der Waals surface area contributed by atoms with Gasteiger partial charge in [-0.3, -0.25) is 4.79 Å². The van der Waals surface area contributed by atoms with Crippen molar-refractivity contribution in [2.75, 3.05) is 24.2 Å². The van der Waals surface area contributed by atoms with Crippen LogP contribution in [-0.2, 0) is 14.8 Å². The average molecular weight is 348 g/mol. The van der Waals surface area contributed by atoms with Crippen LogP contribution >= 0.6 is 0 Å². The van der Waals surface area contributed by atoms with Crippen molar-refractivity contribution in [3.63, 3.8) is 0 Å². The summed E-state index contributed by atoms with van der Waals surface area (Å²) in [7, 11) is -3.58. The summed E-state index contributed by atoms with van der Waals surface area (Å²) in [5.74, 6) is -0.0824. The molecule has 1 aromatic carbocycles. The highest BCUT2D eigenvalue weighted by Crippen LogP contribution is 2.24. The van der Waals surface area contributed by atoms with Crippen LogP contribution in [0, 0.1) is 0 Å². The number of amidine groups is 1. The second kappa shape index (κ2) is 6.44. The molecule has 0 saturated carbocycles. The molecule has 2 aliphatic rings. The minimum absolute atomic E-state index is 0.0372. The highest BCUT2D eigenvalue weighted by Gasteiger charge is 2.31. The number of benzene rings is 1. The van der Waals surface area contributed by atoms with Gasteiger partial charge in [0.25, 0.3) is 15.9 Å². The van der Waals surface area contributed by atoms with Gasteiger partial charge >= 0.3 is 0 Å². The fourth-order valence-corrected chi connectivity index (χ4v) is 3.29. The molecule has 0 aromatic heterocycles. The maximum Gasteiger partial charge on any atom is 0.278 e. The summed E-state index contributed by atoms with van der Waals surface area (Å²) in [6, 6.07) is 6.98. The SMILES string of the molecule is CCOc1ccccc1NC(=O)C1=NC=CN2CCS(=O)(=O)N=C12. The Kier molecular flexibility index (Phi) is 4.34. The van der Waals surface area contributed by atoms with E-state index in [-0.39, 0.29) is 23.8 Å². The molecule has 1 aromatic rings. The lowest BCUT2D eigenvalue weighted by Gasteiger charge is -2.27. The van der Waals surface area contributed by atoms with Gasteiger partial charge in [0.1, 0.15) is 5.75 Å². The number of aliphatic imine (C=N–C) groups is 1. The van der Waals surface area contributed by atoms with Crippen LogP contribution in [0.4, 0.5) is 5.69 Å². The molecule has 126 valence electrons. The number of carbonyl (C=O) groups excluding carboxylic acids is 1. The van der Waals surface area contributed by atoms with Gasteiger partial charge in [-0.15, -0.1) is 4.40 Å². The molecule has 2 heterocycles. The monoisotopic (exact) mass is 348 g/mol. The highest BCUT2D eigenvalue weighted by molar-refractivity contribution is 7.90. The number of sulfonamides is 1. The molecule has 2 aliphatic heterocycles. The largest absolute Gasteiger partial charge is 0.492 e. The Morgan fingerprint density at radius 1 is 1.38 bits per heavy atom. The fourth-order valence-electron chi connectivity index (χ4n) is 2.31. The minimum atomic E-state index is -3.58. The van der Waals surface area contributed by atoms with Gasteiger partial charge in [-0.05, 0) is 19.1 Å². The molecule has 0 spiro atoms. The first-order chi connectivity index (χ1) is 11.5. The van der Waals surface area contributed by atoms with E-state index in [0.717, 1.165) is 0 Å². The lowest BCUT2D eigenvalue weighted by molar-refractivity contribution is -0.110. The van der Waals surface area contributed by atoms with E-state index in [1.165, 1.54) is 6.20 Å². The fraction of sp³-hybridized carbons (Fsp3) is 0.267. The molecule has 1 N–H and O–H groups in total. The number of fused-ring (bicyclic) bond motifs is 1. The first kappa shape index (κ1) is 16.2. The third-order valence-corrected chi connectivity index (χ3v) is 4.55. The Balaban J connectivity index is 1.89. The van der Waals surface area contributed by atoms with E-state index in [4.69, 9.17) is 4.74 Å². The number of amides is 1. The molecule has 0 fully saturated rings. The van der Waals surface area contributed by atoms with Gasteiger partial charge in [0.15, 0.2) is 11.5 Å². The van der Waals surface area contributed by atoms with E-state index < -0.39 is 15.9 Å². The Hall–Kier alpha value is -2.68. The van der Waals surface area contributed by atoms with Crippen molar-refractivity contribution in [1.82, 2.24) is 4.90 Å². The van der Waals surface area contributed by atoms with Crippen LogP contribution in [0.1, 0.15) is 6.92 Å². The van der Waals surface area contributed by atoms with Crippen molar-refractivity contribution < 1.29 is 17.9 Å². The van der Waals surface area contributed by atoms with E-state index >= 15 is 0 Å². The number of anilines is 1. The summed E-state index contributed by atoms with van der Waals surface area (Å²) in [6.45, 7) is 2.53. The van der Waals surface area contributed by atoms with Crippen LogP contribution in [-0.4, -0.2) is 49.7 Å². The number of ether oxygens (including phenoxy) is 1.